The van der Waals surface area contributed by atoms with Gasteiger partial charge in [0.25, 0.3) is 0 Å². The molecule has 0 radical (unpaired) electrons. The molecule has 14 heavy (non-hydrogen) atoms. The fourth-order valence-corrected chi connectivity index (χ4v) is 1.30. The zero-order valence-corrected chi connectivity index (χ0v) is 9.68. The molecule has 1 amide bonds. The summed E-state index contributed by atoms with van der Waals surface area (Å²) in [6, 6.07) is 0. The van der Waals surface area contributed by atoms with Crippen LogP contribution in [0.3, 0.4) is 0 Å². The van der Waals surface area contributed by atoms with Gasteiger partial charge in [0.05, 0.1) is 5.66 Å². The van der Waals surface area contributed by atoms with Gasteiger partial charge in [-0.3, -0.25) is 4.90 Å². The van der Waals surface area contributed by atoms with Gasteiger partial charge in [0.2, 0.25) is 0 Å². The van der Waals surface area contributed by atoms with Gasteiger partial charge in [-0.2, -0.15) is 0 Å². The Morgan fingerprint density at radius 2 is 1.86 bits per heavy atom. The summed E-state index contributed by atoms with van der Waals surface area (Å²) in [6.45, 7) is 5.59. The third kappa shape index (κ3) is 2.87. The van der Waals surface area contributed by atoms with Crippen molar-refractivity contribution in [3.8, 4) is 0 Å². The molecule has 0 unspecified atom stereocenters. The number of nitrogens with one attached hydrogen (secondary N) is 1. The summed E-state index contributed by atoms with van der Waals surface area (Å²) in [5.74, 6) is 0. The fraction of sp³-hybridized carbons (Fsp3) is 0.900. The second kappa shape index (κ2) is 3.42. The van der Waals surface area contributed by atoms with E-state index in [1.165, 1.54) is 0 Å². The van der Waals surface area contributed by atoms with Crippen LogP contribution in [0.1, 0.15) is 33.6 Å². The van der Waals surface area contributed by atoms with Crippen molar-refractivity contribution >= 4 is 6.09 Å². The zero-order valence-electron chi connectivity index (χ0n) is 9.68. The number of nitrogens with zero attached hydrogens (tertiary/aromatic N) is 1. The summed E-state index contributed by atoms with van der Waals surface area (Å²) in [5, 5.41) is 2.89. The molecule has 0 saturated heterocycles. The van der Waals surface area contributed by atoms with Crippen LogP contribution in [0.15, 0.2) is 0 Å². The van der Waals surface area contributed by atoms with E-state index in [-0.39, 0.29) is 11.8 Å². The van der Waals surface area contributed by atoms with Crippen LogP contribution in [-0.2, 0) is 4.74 Å². The van der Waals surface area contributed by atoms with Crippen LogP contribution in [0.5, 0.6) is 0 Å². The standard InChI is InChI=1S/C10H20N2O2/c1-9(2,3)14-8(13)11-10(6-7-10)12(4)5/h6-7H2,1-5H3,(H,11,13). The van der Waals surface area contributed by atoms with E-state index in [2.05, 4.69) is 5.32 Å². The van der Waals surface area contributed by atoms with Crippen LogP contribution in [0, 0.1) is 0 Å². The predicted molar refractivity (Wildman–Crippen MR) is 55.0 cm³/mol. The molecule has 1 N–H and O–H groups in total. The molecule has 4 nitrogen and oxygen atoms in total. The minimum Gasteiger partial charge on any atom is -0.444 e. The van der Waals surface area contributed by atoms with E-state index in [9.17, 15) is 4.79 Å². The molecular weight excluding hydrogens is 180 g/mol. The molecule has 0 bridgehead atoms. The van der Waals surface area contributed by atoms with E-state index in [1.807, 2.05) is 39.8 Å². The quantitative estimate of drug-likeness (QED) is 0.688. The Kier molecular flexibility index (Phi) is 2.76. The van der Waals surface area contributed by atoms with Crippen LogP contribution in [0.2, 0.25) is 0 Å². The molecule has 0 aliphatic heterocycles. The van der Waals surface area contributed by atoms with Crippen molar-refractivity contribution in [3.63, 3.8) is 0 Å². The van der Waals surface area contributed by atoms with Crippen LogP contribution < -0.4 is 5.32 Å². The van der Waals surface area contributed by atoms with Gasteiger partial charge in [-0.25, -0.2) is 4.79 Å². The average Bonchev–Trinajstić information content (AvgIpc) is 2.63. The summed E-state index contributed by atoms with van der Waals surface area (Å²) >= 11 is 0. The molecule has 4 heteroatoms. The minimum atomic E-state index is -0.424. The maximum atomic E-state index is 11.5. The van der Waals surface area contributed by atoms with Crippen molar-refractivity contribution in [2.75, 3.05) is 14.1 Å². The normalized spacial score (nSPS) is 19.3. The number of amides is 1. The summed E-state index contributed by atoms with van der Waals surface area (Å²) in [7, 11) is 3.93. The molecule has 1 aliphatic carbocycles. The molecule has 0 aromatic carbocycles. The van der Waals surface area contributed by atoms with Crippen LogP contribution in [-0.4, -0.2) is 36.4 Å². The number of ether oxygens (including phenoxy) is 1. The largest absolute Gasteiger partial charge is 0.444 e. The summed E-state index contributed by atoms with van der Waals surface area (Å²) in [6.07, 6.45) is 1.67. The third-order valence-electron chi connectivity index (χ3n) is 2.31. The van der Waals surface area contributed by atoms with Crippen molar-refractivity contribution < 1.29 is 9.53 Å². The number of hydrogen-bond acceptors (Lipinski definition) is 3. The van der Waals surface area contributed by atoms with E-state index in [0.29, 0.717) is 0 Å². The van der Waals surface area contributed by atoms with Gasteiger partial charge in [-0.1, -0.05) is 0 Å². The Morgan fingerprint density at radius 3 is 2.14 bits per heavy atom. The SMILES string of the molecule is CN(C)C1(NC(=O)OC(C)(C)C)CC1. The molecule has 1 rings (SSSR count). The van der Waals surface area contributed by atoms with E-state index in [0.717, 1.165) is 12.8 Å². The van der Waals surface area contributed by atoms with E-state index < -0.39 is 5.60 Å². The van der Waals surface area contributed by atoms with Gasteiger partial charge in [-0.05, 0) is 47.7 Å². The maximum absolute atomic E-state index is 11.5. The van der Waals surface area contributed by atoms with E-state index in [4.69, 9.17) is 4.74 Å². The van der Waals surface area contributed by atoms with Gasteiger partial charge in [0.1, 0.15) is 5.60 Å². The highest BCUT2D eigenvalue weighted by Gasteiger charge is 2.47. The van der Waals surface area contributed by atoms with Gasteiger partial charge in [0.15, 0.2) is 0 Å². The average molecular weight is 200 g/mol. The first-order valence-electron chi connectivity index (χ1n) is 4.94. The van der Waals surface area contributed by atoms with Crippen LogP contribution in [0.4, 0.5) is 4.79 Å². The van der Waals surface area contributed by atoms with Crippen molar-refractivity contribution in [1.82, 2.24) is 10.2 Å². The number of carbonyl (C=O) groups excluding carboxylic acids is 1. The van der Waals surface area contributed by atoms with Crippen molar-refractivity contribution in [2.24, 2.45) is 0 Å². The summed E-state index contributed by atoms with van der Waals surface area (Å²) in [4.78, 5) is 13.5. The molecule has 0 heterocycles. The van der Waals surface area contributed by atoms with Crippen LogP contribution >= 0.6 is 0 Å². The summed E-state index contributed by atoms with van der Waals surface area (Å²) < 4.78 is 5.19. The molecule has 1 fully saturated rings. The lowest BCUT2D eigenvalue weighted by Crippen LogP contribution is -2.48. The second-order valence-electron chi connectivity index (χ2n) is 5.05. The molecule has 1 aliphatic rings. The lowest BCUT2D eigenvalue weighted by molar-refractivity contribution is 0.0430. The lowest BCUT2D eigenvalue weighted by Gasteiger charge is -2.27. The Hall–Kier alpha value is -0.770. The first-order valence-corrected chi connectivity index (χ1v) is 4.94. The number of alkyl carbamates (subject to hydrolysis) is 1. The van der Waals surface area contributed by atoms with Gasteiger partial charge in [-0.15, -0.1) is 0 Å². The molecule has 0 spiro atoms. The number of rotatable bonds is 2. The van der Waals surface area contributed by atoms with Gasteiger partial charge < -0.3 is 10.1 Å². The van der Waals surface area contributed by atoms with Gasteiger partial charge >= 0.3 is 6.09 Å². The van der Waals surface area contributed by atoms with Crippen molar-refractivity contribution in [2.45, 2.75) is 44.9 Å². The summed E-state index contributed by atoms with van der Waals surface area (Å²) in [5.41, 5.74) is -0.575. The molecule has 82 valence electrons. The Morgan fingerprint density at radius 1 is 1.36 bits per heavy atom. The zero-order chi connectivity index (χ0) is 11.0. The first-order chi connectivity index (χ1) is 6.25. The highest BCUT2D eigenvalue weighted by atomic mass is 16.6. The Bertz CT molecular complexity index is 227. The van der Waals surface area contributed by atoms with Gasteiger partial charge in [0, 0.05) is 0 Å². The van der Waals surface area contributed by atoms with Crippen molar-refractivity contribution in [1.29, 1.82) is 0 Å². The predicted octanol–water partition coefficient (Wildman–Crippen LogP) is 1.56. The third-order valence-corrected chi connectivity index (χ3v) is 2.31. The molecule has 0 aromatic heterocycles. The fourth-order valence-electron chi connectivity index (χ4n) is 1.30. The minimum absolute atomic E-state index is 0.150. The van der Waals surface area contributed by atoms with E-state index >= 15 is 0 Å². The Balaban J connectivity index is 2.42. The highest BCUT2D eigenvalue weighted by molar-refractivity contribution is 5.69. The maximum Gasteiger partial charge on any atom is 0.409 e. The second-order valence-corrected chi connectivity index (χ2v) is 5.05. The topological polar surface area (TPSA) is 41.6 Å². The molecular formula is C10H20N2O2. The monoisotopic (exact) mass is 200 g/mol. The lowest BCUT2D eigenvalue weighted by atomic mass is 10.2. The molecule has 1 saturated carbocycles. The Labute approximate surface area is 85.6 Å². The molecule has 0 atom stereocenters. The highest BCUT2D eigenvalue weighted by Crippen LogP contribution is 2.37. The first kappa shape index (κ1) is 11.3. The number of carbonyl (C=O) groups is 1. The van der Waals surface area contributed by atoms with Crippen LogP contribution in [0.25, 0.3) is 0 Å². The number of hydrogen-bond donors (Lipinski definition) is 1. The van der Waals surface area contributed by atoms with E-state index in [1.54, 1.807) is 0 Å². The molecule has 0 aromatic rings. The smallest absolute Gasteiger partial charge is 0.409 e. The van der Waals surface area contributed by atoms with Crippen molar-refractivity contribution in [3.05, 3.63) is 0 Å².